The minimum Gasteiger partial charge on any atom is -0.490 e. The van der Waals surface area contributed by atoms with E-state index in [1.165, 1.54) is 11.3 Å². The van der Waals surface area contributed by atoms with Gasteiger partial charge in [0.05, 0.1) is 12.2 Å². The van der Waals surface area contributed by atoms with Gasteiger partial charge in [-0.3, -0.25) is 0 Å². The molecule has 1 aliphatic heterocycles. The molecule has 1 aliphatic carbocycles. The van der Waals surface area contributed by atoms with Crippen LogP contribution in [0.2, 0.25) is 0 Å². The van der Waals surface area contributed by atoms with E-state index in [4.69, 9.17) is 10.5 Å². The Bertz CT molecular complexity index is 456. The lowest BCUT2D eigenvalue weighted by Crippen LogP contribution is -2.28. The van der Waals surface area contributed by atoms with E-state index in [-0.39, 0.29) is 11.5 Å². The molecule has 0 unspecified atom stereocenters. The largest absolute Gasteiger partial charge is 0.490 e. The summed E-state index contributed by atoms with van der Waals surface area (Å²) in [7, 11) is 2.11. The first-order valence-electron chi connectivity index (χ1n) is 6.25. The summed E-state index contributed by atoms with van der Waals surface area (Å²) in [5.41, 5.74) is 8.92. The van der Waals surface area contributed by atoms with Gasteiger partial charge < -0.3 is 15.4 Å². The minimum atomic E-state index is 0.238. The lowest BCUT2D eigenvalue weighted by Gasteiger charge is -2.28. The Labute approximate surface area is 103 Å². The molecule has 0 saturated heterocycles. The van der Waals surface area contributed by atoms with Gasteiger partial charge in [-0.25, -0.2) is 0 Å². The Morgan fingerprint density at radius 2 is 2.12 bits per heavy atom. The molecule has 1 saturated carbocycles. The number of rotatable bonds is 1. The van der Waals surface area contributed by atoms with Crippen LogP contribution < -0.4 is 15.4 Å². The quantitative estimate of drug-likeness (QED) is 0.804. The molecule has 92 valence electrons. The Hall–Kier alpha value is -1.22. The summed E-state index contributed by atoms with van der Waals surface area (Å²) >= 11 is 0. The van der Waals surface area contributed by atoms with Crippen molar-refractivity contribution in [2.75, 3.05) is 25.1 Å². The van der Waals surface area contributed by atoms with Crippen LogP contribution in [0, 0.1) is 5.41 Å². The molecule has 2 aliphatic rings. The van der Waals surface area contributed by atoms with E-state index in [9.17, 15) is 0 Å². The van der Waals surface area contributed by atoms with Crippen molar-refractivity contribution in [3.63, 3.8) is 0 Å². The summed E-state index contributed by atoms with van der Waals surface area (Å²) in [6.07, 6.45) is 0. The van der Waals surface area contributed by atoms with Crippen LogP contribution in [-0.4, -0.2) is 26.2 Å². The number of nitrogens with two attached hydrogens (primary N) is 1. The average molecular weight is 232 g/mol. The Morgan fingerprint density at radius 3 is 2.76 bits per heavy atom. The smallest absolute Gasteiger partial charge is 0.142 e. The maximum Gasteiger partial charge on any atom is 0.142 e. The van der Waals surface area contributed by atoms with Gasteiger partial charge in [0.15, 0.2) is 0 Å². The number of anilines is 1. The highest BCUT2D eigenvalue weighted by molar-refractivity contribution is 5.62. The highest BCUT2D eigenvalue weighted by atomic mass is 16.5. The van der Waals surface area contributed by atoms with Gasteiger partial charge in [-0.1, -0.05) is 19.9 Å². The average Bonchev–Trinajstić information content (AvgIpc) is 2.79. The highest BCUT2D eigenvalue weighted by Gasteiger charge is 2.56. The van der Waals surface area contributed by atoms with Gasteiger partial charge in [0.1, 0.15) is 12.4 Å². The summed E-state index contributed by atoms with van der Waals surface area (Å²) in [6.45, 7) is 6.21. The molecule has 1 aromatic carbocycles. The number of hydrogen-bond donors (Lipinski definition) is 1. The first kappa shape index (κ1) is 10.9. The van der Waals surface area contributed by atoms with Crippen molar-refractivity contribution >= 4 is 5.69 Å². The van der Waals surface area contributed by atoms with Crippen molar-refractivity contribution in [2.24, 2.45) is 11.1 Å². The van der Waals surface area contributed by atoms with Crippen molar-refractivity contribution in [3.05, 3.63) is 23.8 Å². The number of benzene rings is 1. The number of hydrogen-bond acceptors (Lipinski definition) is 3. The van der Waals surface area contributed by atoms with Crippen molar-refractivity contribution in [2.45, 2.75) is 25.8 Å². The van der Waals surface area contributed by atoms with Crippen LogP contribution in [0.3, 0.4) is 0 Å². The predicted molar refractivity (Wildman–Crippen MR) is 69.7 cm³/mol. The van der Waals surface area contributed by atoms with Gasteiger partial charge >= 0.3 is 0 Å². The Morgan fingerprint density at radius 1 is 1.41 bits per heavy atom. The minimum absolute atomic E-state index is 0.238. The van der Waals surface area contributed by atoms with Crippen molar-refractivity contribution < 1.29 is 4.74 Å². The molecule has 0 aromatic heterocycles. The van der Waals surface area contributed by atoms with E-state index in [1.807, 2.05) is 0 Å². The van der Waals surface area contributed by atoms with Crippen LogP contribution in [0.25, 0.3) is 0 Å². The van der Waals surface area contributed by atoms with Gasteiger partial charge in [0.2, 0.25) is 0 Å². The topological polar surface area (TPSA) is 38.5 Å². The fraction of sp³-hybridized carbons (Fsp3) is 0.571. The molecule has 0 radical (unpaired) electrons. The maximum atomic E-state index is 6.14. The standard InChI is InChI=1S/C14H20N2O/c1-14(2)12(13(14)15)9-4-5-11-10(8-9)16(3)6-7-17-11/h4-5,8,12-13H,6-7,15H2,1-3H3/t12-,13-/m1/s1. The molecule has 3 rings (SSSR count). The SMILES string of the molecule is CN1CCOc2ccc([C@@H]3[C@@H](N)C3(C)C)cc21. The second-order valence-corrected chi connectivity index (χ2v) is 5.82. The number of nitrogens with zero attached hydrogens (tertiary/aromatic N) is 1. The van der Waals surface area contributed by atoms with E-state index in [1.54, 1.807) is 0 Å². The Balaban J connectivity index is 1.96. The van der Waals surface area contributed by atoms with Crippen molar-refractivity contribution in [1.82, 2.24) is 0 Å². The summed E-state index contributed by atoms with van der Waals surface area (Å²) in [4.78, 5) is 2.25. The summed E-state index contributed by atoms with van der Waals surface area (Å²) in [5, 5.41) is 0. The zero-order valence-electron chi connectivity index (χ0n) is 10.7. The number of fused-ring (bicyclic) bond motifs is 1. The highest BCUT2D eigenvalue weighted by Crippen LogP contribution is 2.58. The van der Waals surface area contributed by atoms with Gasteiger partial charge in [0.25, 0.3) is 0 Å². The van der Waals surface area contributed by atoms with Crippen LogP contribution in [-0.2, 0) is 0 Å². The zero-order chi connectivity index (χ0) is 12.2. The first-order chi connectivity index (χ1) is 8.01. The summed E-state index contributed by atoms with van der Waals surface area (Å²) < 4.78 is 5.65. The van der Waals surface area contributed by atoms with Crippen LogP contribution >= 0.6 is 0 Å². The third-order valence-corrected chi connectivity index (χ3v) is 4.35. The van der Waals surface area contributed by atoms with Gasteiger partial charge in [-0.05, 0) is 23.1 Å². The van der Waals surface area contributed by atoms with Crippen molar-refractivity contribution in [3.8, 4) is 5.75 Å². The molecule has 1 heterocycles. The molecule has 0 amide bonds. The predicted octanol–water partition coefficient (Wildman–Crippen LogP) is 1.97. The van der Waals surface area contributed by atoms with Gasteiger partial charge in [-0.15, -0.1) is 0 Å². The monoisotopic (exact) mass is 232 g/mol. The molecular formula is C14H20N2O. The van der Waals surface area contributed by atoms with E-state index < -0.39 is 0 Å². The molecule has 2 atom stereocenters. The summed E-state index contributed by atoms with van der Waals surface area (Å²) in [5.74, 6) is 1.48. The van der Waals surface area contributed by atoms with Crippen LogP contribution in [0.15, 0.2) is 18.2 Å². The van der Waals surface area contributed by atoms with Crippen molar-refractivity contribution in [1.29, 1.82) is 0 Å². The lowest BCUT2D eigenvalue weighted by atomic mass is 10.0. The fourth-order valence-electron chi connectivity index (χ4n) is 2.88. The zero-order valence-corrected chi connectivity index (χ0v) is 10.7. The third-order valence-electron chi connectivity index (χ3n) is 4.35. The lowest BCUT2D eigenvalue weighted by molar-refractivity contribution is 0.311. The van der Waals surface area contributed by atoms with Crippen LogP contribution in [0.5, 0.6) is 5.75 Å². The van der Waals surface area contributed by atoms with E-state index >= 15 is 0 Å². The second kappa shape index (κ2) is 3.39. The summed E-state index contributed by atoms with van der Waals surface area (Å²) in [6, 6.07) is 6.78. The van der Waals surface area contributed by atoms with E-state index in [0.717, 1.165) is 18.9 Å². The van der Waals surface area contributed by atoms with Crippen LogP contribution in [0.4, 0.5) is 5.69 Å². The molecule has 17 heavy (non-hydrogen) atoms. The Kier molecular flexibility index (Phi) is 2.17. The molecule has 1 aromatic rings. The molecule has 0 bridgehead atoms. The maximum absolute atomic E-state index is 6.14. The molecule has 0 spiro atoms. The molecule has 2 N–H and O–H groups in total. The number of likely N-dealkylation sites (N-methyl/N-ethyl adjacent to an activating group) is 1. The second-order valence-electron chi connectivity index (χ2n) is 5.82. The molecular weight excluding hydrogens is 212 g/mol. The first-order valence-corrected chi connectivity index (χ1v) is 6.25. The molecule has 1 fully saturated rings. The normalized spacial score (nSPS) is 29.5. The number of ether oxygens (including phenoxy) is 1. The fourth-order valence-corrected chi connectivity index (χ4v) is 2.88. The van der Waals surface area contributed by atoms with Gasteiger partial charge in [-0.2, -0.15) is 0 Å². The van der Waals surface area contributed by atoms with Gasteiger partial charge in [0, 0.05) is 19.0 Å². The van der Waals surface area contributed by atoms with E-state index in [2.05, 4.69) is 44.0 Å². The van der Waals surface area contributed by atoms with E-state index in [0.29, 0.717) is 5.92 Å². The molecule has 3 nitrogen and oxygen atoms in total. The van der Waals surface area contributed by atoms with Crippen LogP contribution in [0.1, 0.15) is 25.3 Å². The molecule has 3 heteroatoms. The third kappa shape index (κ3) is 1.53.